The zero-order chi connectivity index (χ0) is 15.1. The normalized spacial score (nSPS) is 11.9. The number of ether oxygens (including phenoxy) is 1. The van der Waals surface area contributed by atoms with Crippen molar-refractivity contribution in [1.82, 2.24) is 10.3 Å². The summed E-state index contributed by atoms with van der Waals surface area (Å²) in [4.78, 5) is 14.7. The molecule has 2 rings (SSSR count). The van der Waals surface area contributed by atoms with E-state index in [4.69, 9.17) is 10.5 Å². The van der Waals surface area contributed by atoms with Gasteiger partial charge in [0, 0.05) is 25.0 Å². The van der Waals surface area contributed by atoms with Crippen molar-refractivity contribution in [2.45, 2.75) is 19.5 Å². The van der Waals surface area contributed by atoms with E-state index in [1.165, 1.54) is 0 Å². The number of hydrogen-bond donors (Lipinski definition) is 2. The van der Waals surface area contributed by atoms with E-state index in [0.717, 1.165) is 17.7 Å². The van der Waals surface area contributed by atoms with Crippen LogP contribution in [0.5, 0.6) is 5.75 Å². The number of pyridine rings is 1. The van der Waals surface area contributed by atoms with Gasteiger partial charge in [0.1, 0.15) is 5.75 Å². The fourth-order valence-electron chi connectivity index (χ4n) is 1.88. The predicted octanol–water partition coefficient (Wildman–Crippen LogP) is 1.80. The molecule has 2 aromatic rings. The fourth-order valence-corrected chi connectivity index (χ4v) is 1.88. The average molecular weight is 285 g/mol. The van der Waals surface area contributed by atoms with E-state index < -0.39 is 5.91 Å². The maximum atomic E-state index is 10.6. The Morgan fingerprint density at radius 3 is 2.71 bits per heavy atom. The van der Waals surface area contributed by atoms with E-state index in [2.05, 4.69) is 17.2 Å². The van der Waals surface area contributed by atoms with Crippen molar-refractivity contribution in [3.8, 4) is 5.75 Å². The minimum atomic E-state index is -0.481. The van der Waals surface area contributed by atoms with E-state index >= 15 is 0 Å². The smallest absolute Gasteiger partial charge is 0.255 e. The average Bonchev–Trinajstić information content (AvgIpc) is 2.52. The molecule has 1 aromatic heterocycles. The second-order valence-corrected chi connectivity index (χ2v) is 4.79. The van der Waals surface area contributed by atoms with Gasteiger partial charge in [-0.2, -0.15) is 0 Å². The van der Waals surface area contributed by atoms with Crippen LogP contribution in [0.2, 0.25) is 0 Å². The first-order chi connectivity index (χ1) is 10.1. The molecule has 5 heteroatoms. The molecule has 1 aromatic carbocycles. The van der Waals surface area contributed by atoms with Gasteiger partial charge in [-0.3, -0.25) is 9.78 Å². The molecule has 0 fully saturated rings. The van der Waals surface area contributed by atoms with Gasteiger partial charge < -0.3 is 15.8 Å². The lowest BCUT2D eigenvalue weighted by Gasteiger charge is -2.14. The number of carbonyl (C=O) groups is 1. The molecular weight excluding hydrogens is 266 g/mol. The fraction of sp³-hybridized carbons (Fsp3) is 0.250. The summed E-state index contributed by atoms with van der Waals surface area (Å²) < 4.78 is 5.21. The van der Waals surface area contributed by atoms with Gasteiger partial charge >= 0.3 is 0 Å². The summed E-state index contributed by atoms with van der Waals surface area (Å²) in [5.41, 5.74) is 7.32. The summed E-state index contributed by atoms with van der Waals surface area (Å²) in [6.07, 6.45) is 3.62. The predicted molar refractivity (Wildman–Crippen MR) is 80.6 cm³/mol. The van der Waals surface area contributed by atoms with E-state index in [0.29, 0.717) is 5.75 Å². The third-order valence-corrected chi connectivity index (χ3v) is 3.10. The van der Waals surface area contributed by atoms with Gasteiger partial charge in [0.2, 0.25) is 0 Å². The van der Waals surface area contributed by atoms with Gasteiger partial charge in [0.25, 0.3) is 5.91 Å². The molecule has 0 aliphatic heterocycles. The quantitative estimate of drug-likeness (QED) is 0.813. The first-order valence-electron chi connectivity index (χ1n) is 6.78. The standard InChI is InChI=1S/C16H19N3O2/c1-12(14-3-2-8-18-10-14)19-9-13-4-6-15(7-5-13)21-11-16(17)20/h2-8,10,12,19H,9,11H2,1H3,(H2,17,20)/t12-/m0/s1. The van der Waals surface area contributed by atoms with Crippen LogP contribution in [-0.4, -0.2) is 17.5 Å². The zero-order valence-electron chi connectivity index (χ0n) is 12.0. The molecule has 0 saturated heterocycles. The molecule has 1 heterocycles. The number of carbonyl (C=O) groups excluding carboxylic acids is 1. The summed E-state index contributed by atoms with van der Waals surface area (Å²) in [5, 5.41) is 3.43. The number of benzene rings is 1. The summed E-state index contributed by atoms with van der Waals surface area (Å²) in [6.45, 7) is 2.74. The van der Waals surface area contributed by atoms with Crippen molar-refractivity contribution in [1.29, 1.82) is 0 Å². The molecule has 3 N–H and O–H groups in total. The van der Waals surface area contributed by atoms with Crippen LogP contribution < -0.4 is 15.8 Å². The molecule has 0 bridgehead atoms. The van der Waals surface area contributed by atoms with Gasteiger partial charge in [-0.15, -0.1) is 0 Å². The number of rotatable bonds is 7. The van der Waals surface area contributed by atoms with Crippen LogP contribution in [0.4, 0.5) is 0 Å². The van der Waals surface area contributed by atoms with Gasteiger partial charge in [-0.25, -0.2) is 0 Å². The second kappa shape index (κ2) is 7.40. The van der Waals surface area contributed by atoms with Crippen molar-refractivity contribution >= 4 is 5.91 Å². The third kappa shape index (κ3) is 4.89. The highest BCUT2D eigenvalue weighted by Gasteiger charge is 2.04. The SMILES string of the molecule is C[C@H](NCc1ccc(OCC(N)=O)cc1)c1cccnc1. The van der Waals surface area contributed by atoms with Crippen LogP contribution in [-0.2, 0) is 11.3 Å². The molecule has 0 radical (unpaired) electrons. The Balaban J connectivity index is 1.85. The molecule has 0 saturated carbocycles. The Bertz CT molecular complexity index is 570. The third-order valence-electron chi connectivity index (χ3n) is 3.10. The van der Waals surface area contributed by atoms with Crippen molar-refractivity contribution in [3.05, 3.63) is 59.9 Å². The van der Waals surface area contributed by atoms with E-state index in [1.807, 2.05) is 42.6 Å². The van der Waals surface area contributed by atoms with E-state index in [9.17, 15) is 4.79 Å². The van der Waals surface area contributed by atoms with Gasteiger partial charge in [-0.1, -0.05) is 18.2 Å². The molecule has 0 spiro atoms. The number of nitrogens with two attached hydrogens (primary N) is 1. The molecule has 0 aliphatic rings. The lowest BCUT2D eigenvalue weighted by Crippen LogP contribution is -2.20. The number of aromatic nitrogens is 1. The molecule has 5 nitrogen and oxygen atoms in total. The van der Waals surface area contributed by atoms with Crippen LogP contribution in [0.25, 0.3) is 0 Å². The van der Waals surface area contributed by atoms with Crippen LogP contribution in [0.1, 0.15) is 24.1 Å². The Hall–Kier alpha value is -2.40. The lowest BCUT2D eigenvalue weighted by molar-refractivity contribution is -0.119. The maximum Gasteiger partial charge on any atom is 0.255 e. The van der Waals surface area contributed by atoms with Crippen LogP contribution in [0, 0.1) is 0 Å². The van der Waals surface area contributed by atoms with Crippen molar-refractivity contribution in [2.24, 2.45) is 5.73 Å². The number of hydrogen-bond acceptors (Lipinski definition) is 4. The maximum absolute atomic E-state index is 10.6. The first kappa shape index (κ1) is 15.0. The van der Waals surface area contributed by atoms with Gasteiger partial charge in [0.05, 0.1) is 0 Å². The van der Waals surface area contributed by atoms with Crippen molar-refractivity contribution < 1.29 is 9.53 Å². The van der Waals surface area contributed by atoms with Gasteiger partial charge in [0.15, 0.2) is 6.61 Å². The van der Waals surface area contributed by atoms with Crippen LogP contribution in [0.3, 0.4) is 0 Å². The Kier molecular flexibility index (Phi) is 5.29. The molecule has 0 unspecified atom stereocenters. The molecule has 21 heavy (non-hydrogen) atoms. The molecule has 1 amide bonds. The molecule has 0 aliphatic carbocycles. The van der Waals surface area contributed by atoms with E-state index in [1.54, 1.807) is 6.20 Å². The summed E-state index contributed by atoms with van der Waals surface area (Å²) in [5.74, 6) is 0.156. The Morgan fingerprint density at radius 2 is 2.10 bits per heavy atom. The molecular formula is C16H19N3O2. The minimum absolute atomic E-state index is 0.102. The van der Waals surface area contributed by atoms with Gasteiger partial charge in [-0.05, 0) is 36.2 Å². The molecule has 1 atom stereocenters. The number of nitrogens with one attached hydrogen (secondary N) is 1. The first-order valence-corrected chi connectivity index (χ1v) is 6.78. The molecule has 110 valence electrons. The number of amides is 1. The summed E-state index contributed by atoms with van der Waals surface area (Å²) in [6, 6.07) is 11.8. The zero-order valence-corrected chi connectivity index (χ0v) is 12.0. The largest absolute Gasteiger partial charge is 0.484 e. The second-order valence-electron chi connectivity index (χ2n) is 4.79. The lowest BCUT2D eigenvalue weighted by atomic mass is 10.1. The monoisotopic (exact) mass is 285 g/mol. The van der Waals surface area contributed by atoms with Crippen molar-refractivity contribution in [2.75, 3.05) is 6.61 Å². The minimum Gasteiger partial charge on any atom is -0.484 e. The highest BCUT2D eigenvalue weighted by atomic mass is 16.5. The summed E-state index contributed by atoms with van der Waals surface area (Å²) >= 11 is 0. The van der Waals surface area contributed by atoms with E-state index in [-0.39, 0.29) is 12.6 Å². The topological polar surface area (TPSA) is 77.2 Å². The number of nitrogens with zero attached hydrogens (tertiary/aromatic N) is 1. The van der Waals surface area contributed by atoms with Crippen LogP contribution >= 0.6 is 0 Å². The summed E-state index contributed by atoms with van der Waals surface area (Å²) in [7, 11) is 0. The highest BCUT2D eigenvalue weighted by Crippen LogP contribution is 2.14. The highest BCUT2D eigenvalue weighted by molar-refractivity contribution is 5.75. The Labute approximate surface area is 124 Å². The number of primary amides is 1. The van der Waals surface area contributed by atoms with Crippen LogP contribution in [0.15, 0.2) is 48.8 Å². The Morgan fingerprint density at radius 1 is 1.33 bits per heavy atom. The van der Waals surface area contributed by atoms with Crippen molar-refractivity contribution in [3.63, 3.8) is 0 Å².